The molecule has 0 bridgehead atoms. The molecule has 164 valence electrons. The molecule has 1 aliphatic carbocycles. The first-order chi connectivity index (χ1) is 15.5. The number of hydrogen-bond acceptors (Lipinski definition) is 3. The minimum Gasteiger partial charge on any atom is -0.493 e. The van der Waals surface area contributed by atoms with Gasteiger partial charge in [-0.1, -0.05) is 54.1 Å². The zero-order chi connectivity index (χ0) is 22.2. The molecule has 3 nitrogen and oxygen atoms in total. The van der Waals surface area contributed by atoms with E-state index >= 15 is 0 Å². The van der Waals surface area contributed by atoms with Gasteiger partial charge in [0.15, 0.2) is 11.5 Å². The van der Waals surface area contributed by atoms with Crippen molar-refractivity contribution in [1.82, 2.24) is 0 Å². The molecule has 5 rings (SSSR count). The minimum atomic E-state index is 0.163. The first-order valence-electron chi connectivity index (χ1n) is 10.8. The summed E-state index contributed by atoms with van der Waals surface area (Å²) in [5.41, 5.74) is 5.94. The Balaban J connectivity index is 1.49. The highest BCUT2D eigenvalue weighted by molar-refractivity contribution is 9.10. The Morgan fingerprint density at radius 2 is 1.94 bits per heavy atom. The predicted molar refractivity (Wildman–Crippen MR) is 134 cm³/mol. The van der Waals surface area contributed by atoms with E-state index in [4.69, 9.17) is 21.1 Å². The number of halogens is 2. The number of fused-ring (bicyclic) bond motifs is 3. The Bertz CT molecular complexity index is 1180. The number of rotatable bonds is 5. The summed E-state index contributed by atoms with van der Waals surface area (Å²) in [6, 6.07) is 18.7. The molecule has 3 aromatic carbocycles. The molecule has 3 atom stereocenters. The van der Waals surface area contributed by atoms with Gasteiger partial charge in [0.2, 0.25) is 0 Å². The molecule has 0 aromatic heterocycles. The highest BCUT2D eigenvalue weighted by Crippen LogP contribution is 2.52. The summed E-state index contributed by atoms with van der Waals surface area (Å²) in [7, 11) is 1.69. The molecule has 1 heterocycles. The monoisotopic (exact) mass is 509 g/mol. The second-order valence-corrected chi connectivity index (χ2v) is 9.76. The van der Waals surface area contributed by atoms with Gasteiger partial charge in [0.25, 0.3) is 0 Å². The molecule has 5 heteroatoms. The molecule has 3 aromatic rings. The minimum absolute atomic E-state index is 0.163. The molecular formula is C27H25BrClNO2. The third kappa shape index (κ3) is 3.91. The van der Waals surface area contributed by atoms with E-state index in [9.17, 15) is 0 Å². The summed E-state index contributed by atoms with van der Waals surface area (Å²) in [5.74, 6) is 2.23. The van der Waals surface area contributed by atoms with Gasteiger partial charge in [0.05, 0.1) is 17.6 Å². The maximum absolute atomic E-state index is 6.39. The predicted octanol–water partition coefficient (Wildman–Crippen LogP) is 7.83. The third-order valence-corrected chi connectivity index (χ3v) is 7.27. The first-order valence-corrected chi connectivity index (χ1v) is 12.0. The van der Waals surface area contributed by atoms with Crippen molar-refractivity contribution in [2.75, 3.05) is 12.4 Å². The van der Waals surface area contributed by atoms with Gasteiger partial charge in [0, 0.05) is 16.6 Å². The molecule has 0 saturated heterocycles. The number of anilines is 1. The quantitative estimate of drug-likeness (QED) is 0.355. The van der Waals surface area contributed by atoms with E-state index in [1.165, 1.54) is 22.4 Å². The SMILES string of the molecule is COc1cc([C@@H]2Nc3c(C)cc(Cl)cc3[C@@H]3C=CC[C@H]32)cc(Br)c1OCc1ccccc1. The number of hydrogen-bond donors (Lipinski definition) is 1. The van der Waals surface area contributed by atoms with Gasteiger partial charge in [-0.2, -0.15) is 0 Å². The summed E-state index contributed by atoms with van der Waals surface area (Å²) >= 11 is 10.1. The van der Waals surface area contributed by atoms with E-state index in [0.717, 1.165) is 33.0 Å². The zero-order valence-corrected chi connectivity index (χ0v) is 20.4. The highest BCUT2D eigenvalue weighted by atomic mass is 79.9. The highest BCUT2D eigenvalue weighted by Gasteiger charge is 2.39. The van der Waals surface area contributed by atoms with Crippen LogP contribution in [0.25, 0.3) is 0 Å². The average molecular weight is 511 g/mol. The lowest BCUT2D eigenvalue weighted by molar-refractivity contribution is 0.282. The van der Waals surface area contributed by atoms with Gasteiger partial charge in [0.1, 0.15) is 6.61 Å². The summed E-state index contributed by atoms with van der Waals surface area (Å²) in [6.07, 6.45) is 5.65. The van der Waals surface area contributed by atoms with Gasteiger partial charge in [-0.05, 0) is 81.7 Å². The largest absolute Gasteiger partial charge is 0.493 e. The van der Waals surface area contributed by atoms with E-state index in [1.54, 1.807) is 7.11 Å². The number of nitrogens with one attached hydrogen (secondary N) is 1. The lowest BCUT2D eigenvalue weighted by Gasteiger charge is -2.38. The Morgan fingerprint density at radius 3 is 2.72 bits per heavy atom. The molecule has 0 unspecified atom stereocenters. The van der Waals surface area contributed by atoms with Crippen molar-refractivity contribution in [3.8, 4) is 11.5 Å². The summed E-state index contributed by atoms with van der Waals surface area (Å²) < 4.78 is 12.8. The van der Waals surface area contributed by atoms with Crippen molar-refractivity contribution < 1.29 is 9.47 Å². The van der Waals surface area contributed by atoms with Crippen LogP contribution in [-0.2, 0) is 6.61 Å². The van der Waals surface area contributed by atoms with Crippen LogP contribution in [0.3, 0.4) is 0 Å². The average Bonchev–Trinajstić information content (AvgIpc) is 3.28. The maximum atomic E-state index is 6.39. The smallest absolute Gasteiger partial charge is 0.175 e. The van der Waals surface area contributed by atoms with E-state index in [2.05, 4.69) is 70.7 Å². The Morgan fingerprint density at radius 1 is 1.12 bits per heavy atom. The van der Waals surface area contributed by atoms with Crippen molar-refractivity contribution in [2.24, 2.45) is 5.92 Å². The lowest BCUT2D eigenvalue weighted by atomic mass is 9.76. The van der Waals surface area contributed by atoms with Crippen LogP contribution < -0.4 is 14.8 Å². The van der Waals surface area contributed by atoms with Gasteiger partial charge in [-0.25, -0.2) is 0 Å². The molecule has 0 saturated carbocycles. The second kappa shape index (κ2) is 8.84. The first kappa shape index (κ1) is 21.4. The number of aryl methyl sites for hydroxylation is 1. The number of methoxy groups -OCH3 is 1. The van der Waals surface area contributed by atoms with Crippen LogP contribution >= 0.6 is 27.5 Å². The van der Waals surface area contributed by atoms with Gasteiger partial charge in [-0.3, -0.25) is 0 Å². The van der Waals surface area contributed by atoms with Crippen molar-refractivity contribution >= 4 is 33.2 Å². The molecule has 1 aliphatic heterocycles. The van der Waals surface area contributed by atoms with E-state index in [-0.39, 0.29) is 6.04 Å². The molecule has 0 amide bonds. The third-order valence-electron chi connectivity index (χ3n) is 6.47. The summed E-state index contributed by atoms with van der Waals surface area (Å²) in [4.78, 5) is 0. The Hall–Kier alpha value is -2.43. The fourth-order valence-corrected chi connectivity index (χ4v) is 5.82. The second-order valence-electron chi connectivity index (χ2n) is 8.47. The fourth-order valence-electron chi connectivity index (χ4n) is 4.96. The van der Waals surface area contributed by atoms with Crippen molar-refractivity contribution in [1.29, 1.82) is 0 Å². The molecular weight excluding hydrogens is 486 g/mol. The van der Waals surface area contributed by atoms with Crippen LogP contribution in [0.5, 0.6) is 11.5 Å². The van der Waals surface area contributed by atoms with Crippen molar-refractivity contribution in [3.05, 3.63) is 98.5 Å². The topological polar surface area (TPSA) is 30.5 Å². The Kier molecular flexibility index (Phi) is 5.92. The summed E-state index contributed by atoms with van der Waals surface area (Å²) in [6.45, 7) is 2.60. The molecule has 32 heavy (non-hydrogen) atoms. The zero-order valence-electron chi connectivity index (χ0n) is 18.1. The lowest BCUT2D eigenvalue weighted by Crippen LogP contribution is -2.29. The van der Waals surface area contributed by atoms with Crippen LogP contribution in [0.15, 0.2) is 71.2 Å². The van der Waals surface area contributed by atoms with Crippen LogP contribution in [0, 0.1) is 12.8 Å². The van der Waals surface area contributed by atoms with E-state index in [1.807, 2.05) is 24.3 Å². The summed E-state index contributed by atoms with van der Waals surface area (Å²) in [5, 5.41) is 4.62. The normalized spacial score (nSPS) is 20.9. The van der Waals surface area contributed by atoms with E-state index in [0.29, 0.717) is 18.4 Å². The van der Waals surface area contributed by atoms with E-state index < -0.39 is 0 Å². The molecule has 2 aliphatic rings. The number of allylic oxidation sites excluding steroid dienone is 2. The van der Waals surface area contributed by atoms with Crippen molar-refractivity contribution in [2.45, 2.75) is 31.9 Å². The maximum Gasteiger partial charge on any atom is 0.175 e. The van der Waals surface area contributed by atoms with Gasteiger partial charge in [-0.15, -0.1) is 0 Å². The van der Waals surface area contributed by atoms with Gasteiger partial charge < -0.3 is 14.8 Å². The molecule has 1 N–H and O–H groups in total. The molecule has 0 fully saturated rings. The number of ether oxygens (including phenoxy) is 2. The molecule has 0 radical (unpaired) electrons. The Labute approximate surface area is 202 Å². The van der Waals surface area contributed by atoms with Crippen LogP contribution in [-0.4, -0.2) is 7.11 Å². The van der Waals surface area contributed by atoms with Crippen LogP contribution in [0.1, 0.15) is 40.6 Å². The van der Waals surface area contributed by atoms with Crippen LogP contribution in [0.4, 0.5) is 5.69 Å². The fraction of sp³-hybridized carbons (Fsp3) is 0.259. The standard InChI is InChI=1S/C27H25BrClNO2/c1-16-11-19(29)14-22-20-9-6-10-21(20)26(30-25(16)22)18-12-23(28)27(24(13-18)31-2)32-15-17-7-4-3-5-8-17/h3-9,11-14,20-21,26,30H,10,15H2,1-2H3/t20-,21-,26+/m1/s1. The number of benzene rings is 3. The van der Waals surface area contributed by atoms with Gasteiger partial charge >= 0.3 is 0 Å². The van der Waals surface area contributed by atoms with Crippen molar-refractivity contribution in [3.63, 3.8) is 0 Å². The molecule has 0 spiro atoms. The van der Waals surface area contributed by atoms with Crippen LogP contribution in [0.2, 0.25) is 5.02 Å².